The Balaban J connectivity index is 0.000000444. The van der Waals surface area contributed by atoms with Crippen molar-refractivity contribution in [3.63, 3.8) is 0 Å². The lowest BCUT2D eigenvalue weighted by Gasteiger charge is -2.36. The Hall–Kier alpha value is -4.20. The van der Waals surface area contributed by atoms with E-state index in [1.54, 1.807) is 25.3 Å². The van der Waals surface area contributed by atoms with E-state index in [1.165, 1.54) is 17.2 Å². The maximum Gasteiger partial charge on any atom is 0.328 e. The zero-order chi connectivity index (χ0) is 32.4. The van der Waals surface area contributed by atoms with E-state index < -0.39 is 34.0 Å². The molecule has 1 amide bonds. The molecule has 1 aliphatic carbocycles. The summed E-state index contributed by atoms with van der Waals surface area (Å²) in [5, 5.41) is 25.9. The topological polar surface area (TPSA) is 171 Å². The van der Waals surface area contributed by atoms with Gasteiger partial charge in [-0.15, -0.1) is 0 Å². The molecule has 4 aliphatic rings. The van der Waals surface area contributed by atoms with E-state index in [2.05, 4.69) is 17.0 Å². The fraction of sp³-hybridized carbons (Fsp3) is 0.406. The first-order valence-electron chi connectivity index (χ1n) is 14.7. The number of aliphatic hydroxyl groups is 1. The minimum atomic E-state index is -3.74. The average molecular weight is 641 g/mol. The van der Waals surface area contributed by atoms with Crippen LogP contribution in [0.4, 0.5) is 0 Å². The van der Waals surface area contributed by atoms with Crippen LogP contribution >= 0.6 is 0 Å². The van der Waals surface area contributed by atoms with Crippen LogP contribution in [0, 0.1) is 0 Å². The number of methoxy groups -OCH3 is 1. The Kier molecular flexibility index (Phi) is 9.33. The fourth-order valence-electron chi connectivity index (χ4n) is 6.55. The van der Waals surface area contributed by atoms with Crippen LogP contribution in [0.2, 0.25) is 0 Å². The summed E-state index contributed by atoms with van der Waals surface area (Å²) in [5.74, 6) is -1.39. The van der Waals surface area contributed by atoms with Gasteiger partial charge in [0.1, 0.15) is 11.0 Å². The number of carbonyl (C=O) groups is 3. The van der Waals surface area contributed by atoms with E-state index in [0.29, 0.717) is 25.0 Å². The van der Waals surface area contributed by atoms with E-state index in [0.717, 1.165) is 54.7 Å². The van der Waals surface area contributed by atoms with Gasteiger partial charge in [0.05, 0.1) is 24.2 Å². The number of ether oxygens (including phenoxy) is 2. The van der Waals surface area contributed by atoms with E-state index in [1.807, 2.05) is 12.1 Å². The van der Waals surface area contributed by atoms with Crippen LogP contribution in [-0.4, -0.2) is 89.7 Å². The number of carboxylic acids is 2. The number of amides is 1. The second kappa shape index (κ2) is 13.0. The lowest BCUT2D eigenvalue weighted by atomic mass is 9.69. The third-order valence-electron chi connectivity index (χ3n) is 8.65. The minimum Gasteiger partial charge on any atom is -0.493 e. The monoisotopic (exact) mass is 640 g/mol. The minimum absolute atomic E-state index is 0.110. The molecule has 0 fully saturated rings. The molecule has 240 valence electrons. The molecule has 3 atom stereocenters. The number of benzene rings is 2. The molecule has 0 unspecified atom stereocenters. The molecule has 45 heavy (non-hydrogen) atoms. The highest BCUT2D eigenvalue weighted by Crippen LogP contribution is 2.55. The van der Waals surface area contributed by atoms with Gasteiger partial charge in [0, 0.05) is 37.2 Å². The maximum absolute atomic E-state index is 12.8. The summed E-state index contributed by atoms with van der Waals surface area (Å²) in [5.41, 5.74) is 2.43. The van der Waals surface area contributed by atoms with Gasteiger partial charge in [0.15, 0.2) is 11.5 Å². The Labute approximate surface area is 261 Å². The second-order valence-electron chi connectivity index (χ2n) is 11.4. The summed E-state index contributed by atoms with van der Waals surface area (Å²) in [6, 6.07) is 10.5. The first-order chi connectivity index (χ1) is 21.5. The van der Waals surface area contributed by atoms with Crippen LogP contribution in [-0.2, 0) is 31.6 Å². The molecule has 3 N–H and O–H groups in total. The molecule has 0 bridgehead atoms. The van der Waals surface area contributed by atoms with E-state index >= 15 is 0 Å². The number of hydrogen-bond donors (Lipinski definition) is 3. The summed E-state index contributed by atoms with van der Waals surface area (Å²) in [6.07, 6.45) is 8.39. The van der Waals surface area contributed by atoms with Crippen LogP contribution in [0.25, 0.3) is 0 Å². The van der Waals surface area contributed by atoms with Gasteiger partial charge in [-0.3, -0.25) is 9.69 Å². The SMILES string of the molecule is COc1ccc2c3c1O[C@H]1C[C@@H](O)C=C[C@@]31CCN(CCCCCN1C(=O)c3ccccc3S1(=O)=O)C2.O=C(O)/C=C/C(=O)O. The maximum atomic E-state index is 12.8. The van der Waals surface area contributed by atoms with Crippen LogP contribution in [0.5, 0.6) is 11.5 Å². The van der Waals surface area contributed by atoms with Crippen LogP contribution in [0.15, 0.2) is 65.6 Å². The number of aliphatic hydroxyl groups excluding tert-OH is 1. The molecule has 3 aliphatic heterocycles. The van der Waals surface area contributed by atoms with Gasteiger partial charge in [0.2, 0.25) is 0 Å². The van der Waals surface area contributed by atoms with E-state index in [4.69, 9.17) is 19.7 Å². The first-order valence-corrected chi connectivity index (χ1v) is 16.2. The third kappa shape index (κ3) is 6.33. The Morgan fingerprint density at radius 2 is 1.78 bits per heavy atom. The normalized spacial score (nSPS) is 24.1. The molecular weight excluding hydrogens is 604 g/mol. The van der Waals surface area contributed by atoms with Crippen LogP contribution in [0.1, 0.15) is 53.6 Å². The van der Waals surface area contributed by atoms with Gasteiger partial charge in [-0.1, -0.05) is 36.8 Å². The van der Waals surface area contributed by atoms with E-state index in [-0.39, 0.29) is 28.5 Å². The summed E-state index contributed by atoms with van der Waals surface area (Å²) >= 11 is 0. The van der Waals surface area contributed by atoms with Crippen molar-refractivity contribution in [1.29, 1.82) is 0 Å². The third-order valence-corrected chi connectivity index (χ3v) is 10.5. The predicted octanol–water partition coefficient (Wildman–Crippen LogP) is 2.95. The summed E-state index contributed by atoms with van der Waals surface area (Å²) in [4.78, 5) is 34.3. The van der Waals surface area contributed by atoms with Crippen molar-refractivity contribution in [3.05, 3.63) is 77.4 Å². The zero-order valence-corrected chi connectivity index (χ0v) is 25.6. The Bertz CT molecular complexity index is 1640. The Morgan fingerprint density at radius 1 is 1.07 bits per heavy atom. The predicted molar refractivity (Wildman–Crippen MR) is 162 cm³/mol. The molecule has 0 radical (unpaired) electrons. The molecule has 1 spiro atoms. The van der Waals surface area contributed by atoms with Crippen molar-refractivity contribution in [2.24, 2.45) is 0 Å². The highest BCUT2D eigenvalue weighted by molar-refractivity contribution is 7.90. The number of sulfonamides is 1. The van der Waals surface area contributed by atoms with Gasteiger partial charge >= 0.3 is 11.9 Å². The smallest absolute Gasteiger partial charge is 0.328 e. The summed E-state index contributed by atoms with van der Waals surface area (Å²) in [7, 11) is -2.08. The molecule has 6 rings (SSSR count). The van der Waals surface area contributed by atoms with Crippen molar-refractivity contribution in [2.45, 2.75) is 61.2 Å². The lowest BCUT2D eigenvalue weighted by molar-refractivity contribution is -0.134. The van der Waals surface area contributed by atoms with Gasteiger partial charge < -0.3 is 24.8 Å². The van der Waals surface area contributed by atoms with Crippen molar-refractivity contribution in [3.8, 4) is 11.5 Å². The number of aliphatic carboxylic acids is 2. The molecule has 2 aromatic rings. The molecule has 12 nitrogen and oxygen atoms in total. The highest BCUT2D eigenvalue weighted by Gasteiger charge is 2.52. The number of rotatable bonds is 9. The van der Waals surface area contributed by atoms with E-state index in [9.17, 15) is 27.9 Å². The van der Waals surface area contributed by atoms with Crippen molar-refractivity contribution in [1.82, 2.24) is 9.21 Å². The lowest BCUT2D eigenvalue weighted by Crippen LogP contribution is -2.43. The first kappa shape index (κ1) is 32.2. The van der Waals surface area contributed by atoms with Gasteiger partial charge in [0.25, 0.3) is 15.9 Å². The largest absolute Gasteiger partial charge is 0.493 e. The van der Waals surface area contributed by atoms with Crippen molar-refractivity contribution < 1.29 is 47.6 Å². The quantitative estimate of drug-likeness (QED) is 0.209. The average Bonchev–Trinajstić information content (AvgIpc) is 3.36. The molecule has 0 saturated carbocycles. The van der Waals surface area contributed by atoms with Gasteiger partial charge in [-0.2, -0.15) is 0 Å². The number of nitrogens with zero attached hydrogens (tertiary/aromatic N) is 2. The zero-order valence-electron chi connectivity index (χ0n) is 24.8. The van der Waals surface area contributed by atoms with Crippen molar-refractivity contribution in [2.75, 3.05) is 26.7 Å². The number of carboxylic acid groups (broad SMARTS) is 2. The summed E-state index contributed by atoms with van der Waals surface area (Å²) in [6.45, 7) is 2.78. The highest BCUT2D eigenvalue weighted by atomic mass is 32.2. The molecular formula is C32H36N2O10S. The number of hydrogen-bond acceptors (Lipinski definition) is 9. The Morgan fingerprint density at radius 3 is 2.47 bits per heavy atom. The van der Waals surface area contributed by atoms with Crippen molar-refractivity contribution >= 4 is 27.9 Å². The molecule has 3 heterocycles. The molecule has 13 heteroatoms. The van der Waals surface area contributed by atoms with Gasteiger partial charge in [-0.05, 0) is 56.1 Å². The number of unbranched alkanes of at least 4 members (excludes halogenated alkanes) is 2. The van der Waals surface area contributed by atoms with Crippen LogP contribution < -0.4 is 9.47 Å². The second-order valence-corrected chi connectivity index (χ2v) is 13.2. The fourth-order valence-corrected chi connectivity index (χ4v) is 8.16. The van der Waals surface area contributed by atoms with Crippen LogP contribution in [0.3, 0.4) is 0 Å². The number of carbonyl (C=O) groups excluding carboxylic acids is 1. The molecule has 0 aromatic heterocycles. The number of fused-ring (bicyclic) bond motifs is 1. The van der Waals surface area contributed by atoms with Gasteiger partial charge in [-0.25, -0.2) is 22.3 Å². The summed E-state index contributed by atoms with van der Waals surface area (Å²) < 4.78 is 38.5. The molecule has 2 aromatic carbocycles. The molecule has 0 saturated heterocycles. The standard InChI is InChI=1S/C28H32N2O6S.C4H4O4/c1-35-22-10-9-19-18-29(16-13-28-12-11-20(31)17-24(28)36-26(22)25(19)28)14-5-2-6-15-30-27(32)21-7-3-4-8-23(21)37(30,33)34;5-3(6)1-2-4(7)8/h3-4,7-12,20,24,31H,2,5-6,13-18H2,1H3;1-2H,(H,5,6)(H,7,8)/b;2-1+/t20-,24-,28-;/m0./s1.